The van der Waals surface area contributed by atoms with Crippen molar-refractivity contribution in [2.75, 3.05) is 46.8 Å². The van der Waals surface area contributed by atoms with Crippen LogP contribution in [0, 0.1) is 0 Å². The van der Waals surface area contributed by atoms with Crippen LogP contribution in [0.4, 0.5) is 0 Å². The summed E-state index contributed by atoms with van der Waals surface area (Å²) in [7, 11) is 1.61. The lowest BCUT2D eigenvalue weighted by Gasteiger charge is -2.12. The first-order valence-corrected chi connectivity index (χ1v) is 6.33. The Morgan fingerprint density at radius 1 is 1.00 bits per heavy atom. The van der Waals surface area contributed by atoms with Crippen molar-refractivity contribution in [3.05, 3.63) is 29.8 Å². The molecular weight excluding hydrogens is 264 g/mol. The van der Waals surface area contributed by atoms with Crippen LogP contribution in [0.25, 0.3) is 0 Å². The van der Waals surface area contributed by atoms with Crippen molar-refractivity contribution in [1.29, 1.82) is 0 Å². The number of hydrogen-bond donors (Lipinski definition) is 0. The number of methoxy groups -OCH3 is 1. The van der Waals surface area contributed by atoms with Gasteiger partial charge >= 0.3 is 0 Å². The van der Waals surface area contributed by atoms with Crippen molar-refractivity contribution < 1.29 is 28.8 Å². The monoisotopic (exact) mass is 283 g/mol. The molecule has 0 aliphatic heterocycles. The Hall–Kier alpha value is -1.63. The first-order valence-electron chi connectivity index (χ1n) is 6.33. The van der Waals surface area contributed by atoms with Crippen LogP contribution in [0.15, 0.2) is 24.3 Å². The molecule has 1 aromatic carbocycles. The Labute approximate surface area is 118 Å². The van der Waals surface area contributed by atoms with Gasteiger partial charge in [-0.3, -0.25) is 0 Å². The van der Waals surface area contributed by atoms with Crippen molar-refractivity contribution in [3.8, 4) is 5.75 Å². The molecule has 0 aliphatic rings. The van der Waals surface area contributed by atoms with E-state index in [4.69, 9.17) is 18.9 Å². The summed E-state index contributed by atoms with van der Waals surface area (Å²) < 4.78 is 20.7. The second-order valence-electron chi connectivity index (χ2n) is 3.85. The molecule has 6 nitrogen and oxygen atoms in total. The van der Waals surface area contributed by atoms with E-state index in [1.165, 1.54) is 6.07 Å². The zero-order valence-corrected chi connectivity index (χ0v) is 11.5. The Morgan fingerprint density at radius 3 is 2.25 bits per heavy atom. The first-order chi connectivity index (χ1) is 9.75. The van der Waals surface area contributed by atoms with Crippen LogP contribution in [0.2, 0.25) is 0 Å². The number of para-hydroxylation sites is 1. The van der Waals surface area contributed by atoms with Crippen LogP contribution in [-0.4, -0.2) is 52.7 Å². The van der Waals surface area contributed by atoms with Gasteiger partial charge in [-0.25, -0.2) is 0 Å². The number of carboxylic acids is 1. The number of hydrogen-bond acceptors (Lipinski definition) is 6. The van der Waals surface area contributed by atoms with Crippen molar-refractivity contribution in [3.63, 3.8) is 0 Å². The molecule has 1 rings (SSSR count). The highest BCUT2D eigenvalue weighted by molar-refractivity contribution is 5.89. The van der Waals surface area contributed by atoms with Gasteiger partial charge in [-0.05, 0) is 12.1 Å². The van der Waals surface area contributed by atoms with E-state index in [2.05, 4.69) is 0 Å². The van der Waals surface area contributed by atoms with E-state index in [0.29, 0.717) is 33.0 Å². The highest BCUT2D eigenvalue weighted by Gasteiger charge is 2.03. The zero-order valence-electron chi connectivity index (χ0n) is 11.5. The number of rotatable bonds is 11. The van der Waals surface area contributed by atoms with E-state index in [1.807, 2.05) is 0 Å². The Kier molecular flexibility index (Phi) is 8.37. The lowest BCUT2D eigenvalue weighted by atomic mass is 10.2. The highest BCUT2D eigenvalue weighted by Crippen LogP contribution is 2.16. The van der Waals surface area contributed by atoms with Gasteiger partial charge in [0.2, 0.25) is 0 Å². The summed E-state index contributed by atoms with van der Waals surface area (Å²) in [6.45, 7) is 2.66. The maximum absolute atomic E-state index is 10.8. The van der Waals surface area contributed by atoms with Crippen LogP contribution < -0.4 is 9.84 Å². The Balaban J connectivity index is 2.11. The number of aromatic carboxylic acids is 1. The molecule has 0 unspecified atom stereocenters. The fourth-order valence-electron chi connectivity index (χ4n) is 1.44. The van der Waals surface area contributed by atoms with Gasteiger partial charge in [-0.1, -0.05) is 12.1 Å². The van der Waals surface area contributed by atoms with Crippen LogP contribution in [0.5, 0.6) is 5.75 Å². The minimum absolute atomic E-state index is 0.0374. The molecule has 0 saturated heterocycles. The minimum atomic E-state index is -1.26. The van der Waals surface area contributed by atoms with Crippen LogP contribution >= 0.6 is 0 Å². The van der Waals surface area contributed by atoms with Crippen molar-refractivity contribution >= 4 is 5.97 Å². The van der Waals surface area contributed by atoms with Crippen LogP contribution in [0.1, 0.15) is 10.4 Å². The summed E-state index contributed by atoms with van der Waals surface area (Å²) >= 11 is 0. The average Bonchev–Trinajstić information content (AvgIpc) is 2.46. The predicted octanol–water partition coefficient (Wildman–Crippen LogP) is 0.108. The summed E-state index contributed by atoms with van der Waals surface area (Å²) in [6, 6.07) is 6.34. The second kappa shape index (κ2) is 10.2. The van der Waals surface area contributed by atoms with Gasteiger partial charge in [0, 0.05) is 12.7 Å². The predicted molar refractivity (Wildman–Crippen MR) is 69.8 cm³/mol. The summed E-state index contributed by atoms with van der Waals surface area (Å²) in [5.41, 5.74) is 0.0374. The number of carbonyl (C=O) groups is 1. The molecule has 0 heterocycles. The summed E-state index contributed by atoms with van der Waals surface area (Å²) in [5.74, 6) is -0.972. The molecule has 0 spiro atoms. The van der Waals surface area contributed by atoms with Crippen molar-refractivity contribution in [1.82, 2.24) is 0 Å². The van der Waals surface area contributed by atoms with Gasteiger partial charge in [0.1, 0.15) is 12.4 Å². The topological polar surface area (TPSA) is 77.0 Å². The van der Waals surface area contributed by atoms with Gasteiger partial charge in [0.25, 0.3) is 0 Å². The molecule has 1 aromatic rings. The lowest BCUT2D eigenvalue weighted by Crippen LogP contribution is -2.23. The molecule has 0 aliphatic carbocycles. The van der Waals surface area contributed by atoms with Crippen LogP contribution in [0.3, 0.4) is 0 Å². The fourth-order valence-corrected chi connectivity index (χ4v) is 1.44. The largest absolute Gasteiger partial charge is 0.545 e. The molecule has 0 N–H and O–H groups in total. The second-order valence-corrected chi connectivity index (χ2v) is 3.85. The van der Waals surface area contributed by atoms with E-state index < -0.39 is 5.97 Å². The maximum atomic E-state index is 10.8. The third-order valence-electron chi connectivity index (χ3n) is 2.40. The normalized spacial score (nSPS) is 10.4. The quantitative estimate of drug-likeness (QED) is 0.536. The van der Waals surface area contributed by atoms with Gasteiger partial charge in [0.15, 0.2) is 0 Å². The molecule has 112 valence electrons. The van der Waals surface area contributed by atoms with E-state index in [0.717, 1.165) is 0 Å². The Morgan fingerprint density at radius 2 is 1.60 bits per heavy atom. The molecule has 0 fully saturated rings. The molecule has 0 atom stereocenters. The van der Waals surface area contributed by atoms with Gasteiger partial charge < -0.3 is 28.8 Å². The third-order valence-corrected chi connectivity index (χ3v) is 2.40. The molecule has 0 saturated carbocycles. The Bertz CT molecular complexity index is 393. The highest BCUT2D eigenvalue weighted by atomic mass is 16.6. The molecular formula is C14H19O6-. The molecule has 0 aromatic heterocycles. The number of carboxylic acid groups (broad SMARTS) is 1. The zero-order chi connectivity index (χ0) is 14.6. The van der Waals surface area contributed by atoms with Gasteiger partial charge in [-0.2, -0.15) is 0 Å². The van der Waals surface area contributed by atoms with E-state index in [1.54, 1.807) is 25.3 Å². The molecule has 20 heavy (non-hydrogen) atoms. The summed E-state index contributed by atoms with van der Waals surface area (Å²) in [5, 5.41) is 10.8. The van der Waals surface area contributed by atoms with E-state index in [9.17, 15) is 9.90 Å². The smallest absolute Gasteiger partial charge is 0.128 e. The maximum Gasteiger partial charge on any atom is 0.128 e. The van der Waals surface area contributed by atoms with Gasteiger partial charge in [0.05, 0.1) is 39.0 Å². The van der Waals surface area contributed by atoms with E-state index >= 15 is 0 Å². The molecule has 0 radical (unpaired) electrons. The minimum Gasteiger partial charge on any atom is -0.545 e. The molecule has 6 heteroatoms. The summed E-state index contributed by atoms with van der Waals surface area (Å²) in [4.78, 5) is 10.8. The van der Waals surface area contributed by atoms with Crippen molar-refractivity contribution in [2.24, 2.45) is 0 Å². The number of ether oxygens (including phenoxy) is 4. The van der Waals surface area contributed by atoms with Crippen LogP contribution in [-0.2, 0) is 14.2 Å². The number of carbonyl (C=O) groups excluding carboxylic acids is 1. The molecule has 0 bridgehead atoms. The van der Waals surface area contributed by atoms with Gasteiger partial charge in [-0.15, -0.1) is 0 Å². The van der Waals surface area contributed by atoms with E-state index in [-0.39, 0.29) is 17.9 Å². The average molecular weight is 283 g/mol. The lowest BCUT2D eigenvalue weighted by molar-refractivity contribution is -0.255. The van der Waals surface area contributed by atoms with Crippen molar-refractivity contribution in [2.45, 2.75) is 0 Å². The molecule has 0 amide bonds. The standard InChI is InChI=1S/C14H20O6/c1-17-6-7-18-8-9-19-10-11-20-13-5-3-2-4-12(13)14(15)16/h2-5H,6-11H2,1H3,(H,15,16)/p-1. The summed E-state index contributed by atoms with van der Waals surface area (Å²) in [6.07, 6.45) is 0. The first kappa shape index (κ1) is 16.4. The third kappa shape index (κ3) is 6.51. The SMILES string of the molecule is COCCOCCOCCOc1ccccc1C(=O)[O-]. The fraction of sp³-hybridized carbons (Fsp3) is 0.500. The number of benzene rings is 1.